The van der Waals surface area contributed by atoms with E-state index in [-0.39, 0.29) is 56.9 Å². The lowest BCUT2D eigenvalue weighted by Crippen LogP contribution is -2.52. The van der Waals surface area contributed by atoms with Crippen LogP contribution in [0.25, 0.3) is 0 Å². The number of nitrogens with zero attached hydrogens (tertiary/aromatic N) is 2. The minimum atomic E-state index is -4.03. The Kier molecular flexibility index (Phi) is 8.81. The van der Waals surface area contributed by atoms with Crippen LogP contribution in [0.15, 0.2) is 24.3 Å². The van der Waals surface area contributed by atoms with Crippen LogP contribution in [0.3, 0.4) is 0 Å². The summed E-state index contributed by atoms with van der Waals surface area (Å²) in [5, 5.41) is 0. The van der Waals surface area contributed by atoms with Gasteiger partial charge in [-0.2, -0.15) is 8.78 Å². The van der Waals surface area contributed by atoms with Crippen LogP contribution < -0.4 is 5.73 Å². The van der Waals surface area contributed by atoms with Gasteiger partial charge in [-0.15, -0.1) is 24.8 Å². The zero-order chi connectivity index (χ0) is 16.3. The summed E-state index contributed by atoms with van der Waals surface area (Å²) in [5.41, 5.74) is 6.49. The largest absolute Gasteiger partial charge is 0.399 e. The third-order valence-corrected chi connectivity index (χ3v) is 3.55. The molecule has 0 bridgehead atoms. The molecule has 2 N–H and O–H groups in total. The SMILES string of the molecule is Cl.Cl.Nc1cccc(C(=O)N2CCN(CC(F)(F)C(F)F)CC2)c1. The third kappa shape index (κ3) is 5.68. The zero-order valence-electron chi connectivity index (χ0n) is 12.6. The fourth-order valence-electron chi connectivity index (χ4n) is 2.33. The summed E-state index contributed by atoms with van der Waals surface area (Å²) in [6.07, 6.45) is -3.68. The maximum absolute atomic E-state index is 13.0. The number of alkyl halides is 4. The van der Waals surface area contributed by atoms with Crippen molar-refractivity contribution in [1.29, 1.82) is 0 Å². The fourth-order valence-corrected chi connectivity index (χ4v) is 2.33. The Bertz CT molecular complexity index is 541. The molecule has 0 aliphatic carbocycles. The van der Waals surface area contributed by atoms with Gasteiger partial charge in [-0.1, -0.05) is 6.07 Å². The van der Waals surface area contributed by atoms with Crippen molar-refractivity contribution in [3.05, 3.63) is 29.8 Å². The first-order valence-electron chi connectivity index (χ1n) is 6.83. The van der Waals surface area contributed by atoms with E-state index in [2.05, 4.69) is 0 Å². The van der Waals surface area contributed by atoms with E-state index in [1.54, 1.807) is 24.3 Å². The molecule has 1 saturated heterocycles. The van der Waals surface area contributed by atoms with Crippen LogP contribution in [0.2, 0.25) is 0 Å². The van der Waals surface area contributed by atoms with Crippen molar-refractivity contribution < 1.29 is 22.4 Å². The van der Waals surface area contributed by atoms with E-state index in [9.17, 15) is 22.4 Å². The number of hydrogen-bond acceptors (Lipinski definition) is 3. The molecule has 10 heteroatoms. The number of benzene rings is 1. The number of amides is 1. The van der Waals surface area contributed by atoms with Crippen molar-refractivity contribution in [2.45, 2.75) is 12.3 Å². The predicted octanol–water partition coefficient (Wildman–Crippen LogP) is 2.77. The number of nitrogens with two attached hydrogens (primary N) is 1. The maximum atomic E-state index is 13.0. The van der Waals surface area contributed by atoms with Crippen molar-refractivity contribution in [2.75, 3.05) is 38.5 Å². The Hall–Kier alpha value is -1.25. The van der Waals surface area contributed by atoms with E-state index >= 15 is 0 Å². The van der Waals surface area contributed by atoms with Gasteiger partial charge in [-0.25, -0.2) is 8.78 Å². The molecule has 24 heavy (non-hydrogen) atoms. The van der Waals surface area contributed by atoms with Crippen LogP contribution in [0.4, 0.5) is 23.2 Å². The van der Waals surface area contributed by atoms with Crippen LogP contribution in [0.1, 0.15) is 10.4 Å². The standard InChI is InChI=1S/C14H17F4N3O.2ClH/c15-13(16)14(17,18)9-20-4-6-21(7-5-20)12(22)10-2-1-3-11(19)8-10;;/h1-3,8,13H,4-7,9,19H2;2*1H. The van der Waals surface area contributed by atoms with Crippen molar-refractivity contribution in [3.8, 4) is 0 Å². The van der Waals surface area contributed by atoms with Crippen molar-refractivity contribution in [2.24, 2.45) is 0 Å². The monoisotopic (exact) mass is 391 g/mol. The molecule has 2 rings (SSSR count). The third-order valence-electron chi connectivity index (χ3n) is 3.55. The summed E-state index contributed by atoms with van der Waals surface area (Å²) in [6.45, 7) is -0.294. The number of carbonyl (C=O) groups excluding carboxylic acids is 1. The van der Waals surface area contributed by atoms with Gasteiger partial charge in [0.1, 0.15) is 0 Å². The second-order valence-corrected chi connectivity index (χ2v) is 5.26. The van der Waals surface area contributed by atoms with E-state index in [4.69, 9.17) is 5.73 Å². The number of piperazine rings is 1. The Balaban J connectivity index is 0.00000264. The summed E-state index contributed by atoms with van der Waals surface area (Å²) in [5.74, 6) is -4.27. The molecule has 0 saturated carbocycles. The molecular formula is C14H19Cl2F4N3O. The van der Waals surface area contributed by atoms with E-state index < -0.39 is 18.9 Å². The van der Waals surface area contributed by atoms with Crippen LogP contribution in [0, 0.1) is 0 Å². The van der Waals surface area contributed by atoms with Gasteiger partial charge in [0.15, 0.2) is 0 Å². The topological polar surface area (TPSA) is 49.6 Å². The molecule has 1 fully saturated rings. The van der Waals surface area contributed by atoms with Gasteiger partial charge in [-0.05, 0) is 18.2 Å². The zero-order valence-corrected chi connectivity index (χ0v) is 14.3. The summed E-state index contributed by atoms with van der Waals surface area (Å²) in [4.78, 5) is 15.0. The van der Waals surface area contributed by atoms with Gasteiger partial charge in [0.25, 0.3) is 5.91 Å². The summed E-state index contributed by atoms with van der Waals surface area (Å²) >= 11 is 0. The average molecular weight is 392 g/mol. The second kappa shape index (κ2) is 9.29. The molecule has 1 aromatic rings. The highest BCUT2D eigenvalue weighted by molar-refractivity contribution is 5.95. The van der Waals surface area contributed by atoms with Crippen molar-refractivity contribution in [3.63, 3.8) is 0 Å². The smallest absolute Gasteiger partial charge is 0.319 e. The number of nitrogen functional groups attached to an aromatic ring is 1. The number of halogens is 6. The van der Waals surface area contributed by atoms with E-state index in [0.29, 0.717) is 11.3 Å². The average Bonchev–Trinajstić information content (AvgIpc) is 2.47. The molecule has 0 radical (unpaired) electrons. The van der Waals surface area contributed by atoms with E-state index in [0.717, 1.165) is 0 Å². The van der Waals surface area contributed by atoms with Gasteiger partial charge in [-0.3, -0.25) is 9.69 Å². The molecule has 1 aliphatic rings. The lowest BCUT2D eigenvalue weighted by Gasteiger charge is -2.36. The minimum Gasteiger partial charge on any atom is -0.399 e. The van der Waals surface area contributed by atoms with Crippen LogP contribution in [0.5, 0.6) is 0 Å². The molecule has 1 heterocycles. The Morgan fingerprint density at radius 2 is 1.75 bits per heavy atom. The molecule has 0 atom stereocenters. The van der Waals surface area contributed by atoms with E-state index in [1.165, 1.54) is 9.80 Å². The fraction of sp³-hybridized carbons (Fsp3) is 0.500. The highest BCUT2D eigenvalue weighted by atomic mass is 35.5. The molecule has 4 nitrogen and oxygen atoms in total. The molecule has 1 amide bonds. The van der Waals surface area contributed by atoms with Gasteiger partial charge in [0.05, 0.1) is 6.54 Å². The van der Waals surface area contributed by atoms with Crippen LogP contribution in [-0.4, -0.2) is 60.8 Å². The van der Waals surface area contributed by atoms with Crippen LogP contribution in [-0.2, 0) is 0 Å². The molecule has 1 aliphatic heterocycles. The number of hydrogen-bond donors (Lipinski definition) is 1. The molecule has 0 unspecified atom stereocenters. The quantitative estimate of drug-likeness (QED) is 0.634. The number of rotatable bonds is 4. The number of carbonyl (C=O) groups is 1. The summed E-state index contributed by atoms with van der Waals surface area (Å²) in [6, 6.07) is 6.47. The summed E-state index contributed by atoms with van der Waals surface area (Å²) < 4.78 is 50.4. The van der Waals surface area contributed by atoms with Crippen molar-refractivity contribution >= 4 is 36.4 Å². The van der Waals surface area contributed by atoms with Gasteiger partial charge in [0.2, 0.25) is 0 Å². The maximum Gasteiger partial charge on any atom is 0.319 e. The van der Waals surface area contributed by atoms with E-state index in [1.807, 2.05) is 0 Å². The Labute approximate surface area is 149 Å². The first kappa shape index (κ1) is 22.8. The summed E-state index contributed by atoms with van der Waals surface area (Å²) in [7, 11) is 0. The molecule has 0 aromatic heterocycles. The van der Waals surface area contributed by atoms with Gasteiger partial charge in [0, 0.05) is 37.4 Å². The Morgan fingerprint density at radius 3 is 2.25 bits per heavy atom. The first-order chi connectivity index (χ1) is 10.3. The first-order valence-corrected chi connectivity index (χ1v) is 6.83. The highest BCUT2D eigenvalue weighted by Gasteiger charge is 2.42. The molecular weight excluding hydrogens is 373 g/mol. The predicted molar refractivity (Wildman–Crippen MR) is 88.6 cm³/mol. The molecule has 138 valence electrons. The normalized spacial score (nSPS) is 15.6. The molecule has 0 spiro atoms. The minimum absolute atomic E-state index is 0. The highest BCUT2D eigenvalue weighted by Crippen LogP contribution is 2.24. The second-order valence-electron chi connectivity index (χ2n) is 5.26. The lowest BCUT2D eigenvalue weighted by molar-refractivity contribution is -0.144. The molecule has 1 aromatic carbocycles. The van der Waals surface area contributed by atoms with Crippen LogP contribution >= 0.6 is 24.8 Å². The van der Waals surface area contributed by atoms with Gasteiger partial charge >= 0.3 is 12.3 Å². The number of anilines is 1. The lowest BCUT2D eigenvalue weighted by atomic mass is 10.1. The van der Waals surface area contributed by atoms with Gasteiger partial charge < -0.3 is 10.6 Å². The van der Waals surface area contributed by atoms with Crippen molar-refractivity contribution in [1.82, 2.24) is 9.80 Å². The Morgan fingerprint density at radius 1 is 1.17 bits per heavy atom.